The first-order chi connectivity index (χ1) is 11.2. The van der Waals surface area contributed by atoms with E-state index in [4.69, 9.17) is 5.73 Å². The molecule has 1 amide bonds. The van der Waals surface area contributed by atoms with Crippen molar-refractivity contribution in [1.82, 2.24) is 0 Å². The van der Waals surface area contributed by atoms with E-state index >= 15 is 0 Å². The standard InChI is InChI=1S/C22H33NO/c1-8-9-10-11-12-13-14-15-16(2)17(3)18(4)19(5)20(6)21(7)22(23)24/h2-15H2,1H3,(H2,23,24). The third-order valence-corrected chi connectivity index (χ3v) is 4.26. The molecule has 0 bridgehead atoms. The van der Waals surface area contributed by atoms with Crippen LogP contribution in [0.1, 0.15) is 58.3 Å². The van der Waals surface area contributed by atoms with E-state index in [2.05, 4.69) is 46.4 Å². The lowest BCUT2D eigenvalue weighted by atomic mass is 9.88. The number of hydrogen-bond donors (Lipinski definition) is 1. The van der Waals surface area contributed by atoms with Gasteiger partial charge in [-0.2, -0.15) is 0 Å². The fourth-order valence-electron chi connectivity index (χ4n) is 2.35. The van der Waals surface area contributed by atoms with Crippen LogP contribution >= 0.6 is 0 Å². The smallest absolute Gasteiger partial charge is 0.248 e. The summed E-state index contributed by atoms with van der Waals surface area (Å²) in [5, 5.41) is 0. The van der Waals surface area contributed by atoms with Gasteiger partial charge in [-0.25, -0.2) is 0 Å². The average Bonchev–Trinajstić information content (AvgIpc) is 2.57. The molecule has 0 radical (unpaired) electrons. The van der Waals surface area contributed by atoms with Gasteiger partial charge < -0.3 is 5.73 Å². The molecular formula is C22H33NO. The molecule has 2 N–H and O–H groups in total. The summed E-state index contributed by atoms with van der Waals surface area (Å²) in [6.45, 7) is 25.8. The summed E-state index contributed by atoms with van der Waals surface area (Å²) >= 11 is 0. The van der Waals surface area contributed by atoms with Crippen LogP contribution in [-0.4, -0.2) is 5.91 Å². The quantitative estimate of drug-likeness (QED) is 0.239. The summed E-state index contributed by atoms with van der Waals surface area (Å²) < 4.78 is 0. The molecule has 132 valence electrons. The lowest BCUT2D eigenvalue weighted by molar-refractivity contribution is -0.114. The lowest BCUT2D eigenvalue weighted by Gasteiger charge is -2.16. The van der Waals surface area contributed by atoms with Crippen molar-refractivity contribution in [2.45, 2.75) is 58.3 Å². The first-order valence-corrected chi connectivity index (χ1v) is 8.67. The van der Waals surface area contributed by atoms with Crippen LogP contribution in [0.25, 0.3) is 0 Å². The molecule has 0 rings (SSSR count). The van der Waals surface area contributed by atoms with Gasteiger partial charge in [0.2, 0.25) is 5.91 Å². The molecule has 0 fully saturated rings. The Balaban J connectivity index is 4.33. The highest BCUT2D eigenvalue weighted by Crippen LogP contribution is 2.29. The fraction of sp³-hybridized carbons (Fsp3) is 0.409. The van der Waals surface area contributed by atoms with Gasteiger partial charge >= 0.3 is 0 Å². The van der Waals surface area contributed by atoms with Crippen LogP contribution in [0.5, 0.6) is 0 Å². The second-order valence-electron chi connectivity index (χ2n) is 6.23. The molecule has 0 saturated carbocycles. The average molecular weight is 328 g/mol. The van der Waals surface area contributed by atoms with E-state index < -0.39 is 5.91 Å². The number of nitrogens with two attached hydrogens (primary N) is 1. The van der Waals surface area contributed by atoms with E-state index in [1.165, 1.54) is 38.5 Å². The maximum atomic E-state index is 11.2. The summed E-state index contributed by atoms with van der Waals surface area (Å²) in [5.74, 6) is -0.610. The zero-order chi connectivity index (χ0) is 18.7. The van der Waals surface area contributed by atoms with Crippen molar-refractivity contribution in [1.29, 1.82) is 0 Å². The van der Waals surface area contributed by atoms with Crippen LogP contribution in [-0.2, 0) is 4.79 Å². The normalized spacial score (nSPS) is 10.0. The first kappa shape index (κ1) is 21.9. The minimum absolute atomic E-state index is 0.145. The van der Waals surface area contributed by atoms with Crippen LogP contribution in [0.4, 0.5) is 0 Å². The molecule has 0 aromatic carbocycles. The molecule has 2 nitrogen and oxygen atoms in total. The van der Waals surface area contributed by atoms with Crippen molar-refractivity contribution in [3.63, 3.8) is 0 Å². The molecular weight excluding hydrogens is 294 g/mol. The Morgan fingerprint density at radius 2 is 1.08 bits per heavy atom. The van der Waals surface area contributed by atoms with E-state index in [0.29, 0.717) is 16.7 Å². The van der Waals surface area contributed by atoms with Crippen molar-refractivity contribution in [3.8, 4) is 0 Å². The van der Waals surface area contributed by atoms with E-state index in [0.717, 1.165) is 24.0 Å². The molecule has 24 heavy (non-hydrogen) atoms. The van der Waals surface area contributed by atoms with Crippen LogP contribution in [0.2, 0.25) is 0 Å². The maximum absolute atomic E-state index is 11.2. The zero-order valence-corrected chi connectivity index (χ0v) is 15.4. The number of amides is 1. The molecule has 0 saturated heterocycles. The number of carbonyl (C=O) groups is 1. The Morgan fingerprint density at radius 3 is 1.58 bits per heavy atom. The Hall–Kier alpha value is -2.09. The Kier molecular flexibility index (Phi) is 10.4. The Bertz CT molecular complexity index is 548. The largest absolute Gasteiger partial charge is 0.366 e. The number of carbonyl (C=O) groups excluding carboxylic acids is 1. The molecule has 0 unspecified atom stereocenters. The molecule has 0 aromatic heterocycles. The minimum Gasteiger partial charge on any atom is -0.366 e. The number of primary amides is 1. The molecule has 0 aliphatic carbocycles. The minimum atomic E-state index is -0.610. The maximum Gasteiger partial charge on any atom is 0.248 e. The van der Waals surface area contributed by atoms with Crippen LogP contribution in [0.15, 0.2) is 72.9 Å². The van der Waals surface area contributed by atoms with Crippen LogP contribution in [0, 0.1) is 0 Å². The molecule has 0 spiro atoms. The molecule has 0 aromatic rings. The predicted molar refractivity (Wildman–Crippen MR) is 107 cm³/mol. The van der Waals surface area contributed by atoms with Crippen LogP contribution < -0.4 is 5.73 Å². The van der Waals surface area contributed by atoms with E-state index in [1.807, 2.05) is 0 Å². The number of rotatable bonds is 14. The van der Waals surface area contributed by atoms with Gasteiger partial charge in [0.1, 0.15) is 0 Å². The summed E-state index contributed by atoms with van der Waals surface area (Å²) in [7, 11) is 0. The molecule has 0 heterocycles. The third kappa shape index (κ3) is 7.45. The first-order valence-electron chi connectivity index (χ1n) is 8.67. The number of allylic oxidation sites excluding steroid dienone is 4. The highest BCUT2D eigenvalue weighted by Gasteiger charge is 2.15. The van der Waals surface area contributed by atoms with E-state index in [1.54, 1.807) is 0 Å². The van der Waals surface area contributed by atoms with Crippen molar-refractivity contribution in [2.75, 3.05) is 0 Å². The number of hydrogen-bond acceptors (Lipinski definition) is 1. The van der Waals surface area contributed by atoms with Gasteiger partial charge in [-0.05, 0) is 40.7 Å². The van der Waals surface area contributed by atoms with E-state index in [-0.39, 0.29) is 5.57 Å². The Morgan fingerprint density at radius 1 is 0.667 bits per heavy atom. The highest BCUT2D eigenvalue weighted by molar-refractivity contribution is 5.97. The third-order valence-electron chi connectivity index (χ3n) is 4.26. The lowest BCUT2D eigenvalue weighted by Crippen LogP contribution is -2.15. The van der Waals surface area contributed by atoms with Gasteiger partial charge in [0.25, 0.3) is 0 Å². The van der Waals surface area contributed by atoms with Gasteiger partial charge in [-0.15, -0.1) is 0 Å². The molecule has 2 heteroatoms. The summed E-state index contributed by atoms with van der Waals surface area (Å²) in [6, 6.07) is 0. The second kappa shape index (κ2) is 11.4. The topological polar surface area (TPSA) is 43.1 Å². The summed E-state index contributed by atoms with van der Waals surface area (Å²) in [4.78, 5) is 11.2. The number of unbranched alkanes of at least 4 members (excludes halogenated alkanes) is 6. The highest BCUT2D eigenvalue weighted by atomic mass is 16.1. The van der Waals surface area contributed by atoms with Gasteiger partial charge in [0.05, 0.1) is 0 Å². The predicted octanol–water partition coefficient (Wildman–Crippen LogP) is 5.95. The zero-order valence-electron chi connectivity index (χ0n) is 15.4. The molecule has 0 aliphatic rings. The fourth-order valence-corrected chi connectivity index (χ4v) is 2.35. The Labute approximate surface area is 148 Å². The van der Waals surface area contributed by atoms with Gasteiger partial charge in [0.15, 0.2) is 0 Å². The van der Waals surface area contributed by atoms with Crippen molar-refractivity contribution >= 4 is 5.91 Å². The molecule has 0 aliphatic heterocycles. The van der Waals surface area contributed by atoms with Gasteiger partial charge in [0, 0.05) is 5.57 Å². The van der Waals surface area contributed by atoms with Crippen LogP contribution in [0.3, 0.4) is 0 Å². The summed E-state index contributed by atoms with van der Waals surface area (Å²) in [5.41, 5.74) is 8.64. The van der Waals surface area contributed by atoms with Gasteiger partial charge in [-0.1, -0.05) is 84.9 Å². The molecule has 0 atom stereocenters. The monoisotopic (exact) mass is 327 g/mol. The second-order valence-corrected chi connectivity index (χ2v) is 6.23. The van der Waals surface area contributed by atoms with Crippen molar-refractivity contribution in [2.24, 2.45) is 5.73 Å². The van der Waals surface area contributed by atoms with Gasteiger partial charge in [-0.3, -0.25) is 4.79 Å². The van der Waals surface area contributed by atoms with E-state index in [9.17, 15) is 4.79 Å². The van der Waals surface area contributed by atoms with Crippen molar-refractivity contribution in [3.05, 3.63) is 72.9 Å². The summed E-state index contributed by atoms with van der Waals surface area (Å²) in [6.07, 6.45) is 9.69. The SMILES string of the molecule is C=C(CCCCCCCCC)C(=C)C(=C)C(=C)C(=C)C(=C)C(N)=O. The van der Waals surface area contributed by atoms with Crippen molar-refractivity contribution < 1.29 is 4.79 Å².